The van der Waals surface area contributed by atoms with Gasteiger partial charge in [-0.2, -0.15) is 0 Å². The Bertz CT molecular complexity index is 514. The standard InChI is InChI=1S/C15H18ClNO3/c1-3-20-14(19)13-15(2,9-12(18)17-13)8-10-4-6-11(16)7-5-10/h4-7,13H,3,8-9H2,1-2H3,(H,17,18). The minimum absolute atomic E-state index is 0.112. The van der Waals surface area contributed by atoms with Crippen molar-refractivity contribution in [2.75, 3.05) is 6.61 Å². The number of carbonyl (C=O) groups excluding carboxylic acids is 2. The molecule has 2 rings (SSSR count). The molecule has 1 saturated heterocycles. The number of carbonyl (C=O) groups is 2. The lowest BCUT2D eigenvalue weighted by Gasteiger charge is -2.28. The first kappa shape index (κ1) is 14.9. The van der Waals surface area contributed by atoms with Gasteiger partial charge in [0.15, 0.2) is 0 Å². The van der Waals surface area contributed by atoms with Crippen molar-refractivity contribution in [1.29, 1.82) is 0 Å². The number of amides is 1. The molecule has 2 atom stereocenters. The molecule has 0 spiro atoms. The second-order valence-electron chi connectivity index (χ2n) is 5.39. The average molecular weight is 296 g/mol. The van der Waals surface area contributed by atoms with Crippen LogP contribution in [0.1, 0.15) is 25.8 Å². The van der Waals surface area contributed by atoms with Crippen LogP contribution in [-0.2, 0) is 20.7 Å². The Hall–Kier alpha value is -1.55. The molecule has 0 aromatic heterocycles. The van der Waals surface area contributed by atoms with Crippen molar-refractivity contribution in [3.05, 3.63) is 34.9 Å². The van der Waals surface area contributed by atoms with E-state index in [-0.39, 0.29) is 11.9 Å². The maximum absolute atomic E-state index is 12.0. The number of rotatable bonds is 4. The molecular formula is C15H18ClNO3. The number of benzene rings is 1. The largest absolute Gasteiger partial charge is 0.464 e. The first-order valence-corrected chi connectivity index (χ1v) is 7.03. The molecule has 108 valence electrons. The Labute approximate surface area is 123 Å². The van der Waals surface area contributed by atoms with E-state index in [2.05, 4.69) is 5.32 Å². The van der Waals surface area contributed by atoms with Crippen LogP contribution < -0.4 is 5.32 Å². The van der Waals surface area contributed by atoms with E-state index in [9.17, 15) is 9.59 Å². The molecule has 0 aliphatic carbocycles. The first-order valence-electron chi connectivity index (χ1n) is 6.65. The van der Waals surface area contributed by atoms with E-state index in [4.69, 9.17) is 16.3 Å². The van der Waals surface area contributed by atoms with Crippen LogP contribution in [0.25, 0.3) is 0 Å². The summed E-state index contributed by atoms with van der Waals surface area (Å²) < 4.78 is 5.05. The second-order valence-corrected chi connectivity index (χ2v) is 5.82. The molecule has 20 heavy (non-hydrogen) atoms. The van der Waals surface area contributed by atoms with Gasteiger partial charge in [0.25, 0.3) is 0 Å². The third-order valence-corrected chi connectivity index (χ3v) is 3.86. The van der Waals surface area contributed by atoms with Gasteiger partial charge in [0.1, 0.15) is 6.04 Å². The molecule has 1 aliphatic rings. The lowest BCUT2D eigenvalue weighted by atomic mass is 9.77. The Kier molecular flexibility index (Phi) is 4.33. The average Bonchev–Trinajstić information content (AvgIpc) is 2.68. The Morgan fingerprint density at radius 1 is 1.45 bits per heavy atom. The van der Waals surface area contributed by atoms with Gasteiger partial charge in [0.05, 0.1) is 6.61 Å². The summed E-state index contributed by atoms with van der Waals surface area (Å²) in [5.41, 5.74) is 0.569. The van der Waals surface area contributed by atoms with Crippen molar-refractivity contribution >= 4 is 23.5 Å². The molecule has 1 amide bonds. The molecule has 1 aromatic carbocycles. The topological polar surface area (TPSA) is 55.4 Å². The summed E-state index contributed by atoms with van der Waals surface area (Å²) in [6, 6.07) is 6.86. The number of hydrogen-bond donors (Lipinski definition) is 1. The van der Waals surface area contributed by atoms with Crippen molar-refractivity contribution in [3.63, 3.8) is 0 Å². The van der Waals surface area contributed by atoms with E-state index < -0.39 is 11.5 Å². The molecule has 0 radical (unpaired) electrons. The Morgan fingerprint density at radius 3 is 2.70 bits per heavy atom. The molecule has 5 heteroatoms. The number of nitrogens with one attached hydrogen (secondary N) is 1. The molecule has 1 aromatic rings. The van der Waals surface area contributed by atoms with Crippen molar-refractivity contribution in [2.24, 2.45) is 5.41 Å². The SMILES string of the molecule is CCOC(=O)C1NC(=O)CC1(C)Cc1ccc(Cl)cc1. The fraction of sp³-hybridized carbons (Fsp3) is 0.467. The van der Waals surface area contributed by atoms with Crippen LogP contribution in [0.4, 0.5) is 0 Å². The summed E-state index contributed by atoms with van der Waals surface area (Å²) >= 11 is 5.87. The van der Waals surface area contributed by atoms with Crippen LogP contribution in [0, 0.1) is 5.41 Å². The molecule has 1 N–H and O–H groups in total. The van der Waals surface area contributed by atoms with E-state index in [0.717, 1.165) is 5.56 Å². The summed E-state index contributed by atoms with van der Waals surface area (Å²) in [6.45, 7) is 3.99. The lowest BCUT2D eigenvalue weighted by molar-refractivity contribution is -0.148. The molecule has 4 nitrogen and oxygen atoms in total. The minimum Gasteiger partial charge on any atom is -0.464 e. The highest BCUT2D eigenvalue weighted by molar-refractivity contribution is 6.30. The van der Waals surface area contributed by atoms with Gasteiger partial charge in [-0.05, 0) is 31.0 Å². The van der Waals surface area contributed by atoms with E-state index in [0.29, 0.717) is 24.5 Å². The molecule has 1 fully saturated rings. The predicted molar refractivity (Wildman–Crippen MR) is 76.4 cm³/mol. The number of ether oxygens (including phenoxy) is 1. The van der Waals surface area contributed by atoms with E-state index in [1.165, 1.54) is 0 Å². The third kappa shape index (κ3) is 3.12. The summed E-state index contributed by atoms with van der Waals surface area (Å²) in [5.74, 6) is -0.477. The zero-order valence-corrected chi connectivity index (χ0v) is 12.4. The van der Waals surface area contributed by atoms with Gasteiger partial charge in [-0.1, -0.05) is 30.7 Å². The van der Waals surface area contributed by atoms with Gasteiger partial charge in [0.2, 0.25) is 5.91 Å². The summed E-state index contributed by atoms with van der Waals surface area (Å²) in [6.07, 6.45) is 0.936. The smallest absolute Gasteiger partial charge is 0.329 e. The fourth-order valence-electron chi connectivity index (χ4n) is 2.66. The van der Waals surface area contributed by atoms with Gasteiger partial charge < -0.3 is 10.1 Å². The normalized spacial score (nSPS) is 25.4. The highest BCUT2D eigenvalue weighted by Gasteiger charge is 2.47. The highest BCUT2D eigenvalue weighted by Crippen LogP contribution is 2.36. The van der Waals surface area contributed by atoms with E-state index in [1.807, 2.05) is 31.2 Å². The Balaban J connectivity index is 2.19. The summed E-state index contributed by atoms with van der Waals surface area (Å²) in [7, 11) is 0. The number of esters is 1. The van der Waals surface area contributed by atoms with Crippen LogP contribution in [0.5, 0.6) is 0 Å². The van der Waals surface area contributed by atoms with E-state index >= 15 is 0 Å². The van der Waals surface area contributed by atoms with Crippen molar-refractivity contribution < 1.29 is 14.3 Å². The van der Waals surface area contributed by atoms with E-state index in [1.54, 1.807) is 6.92 Å². The van der Waals surface area contributed by atoms with Crippen molar-refractivity contribution in [3.8, 4) is 0 Å². The molecule has 1 aliphatic heterocycles. The third-order valence-electron chi connectivity index (χ3n) is 3.61. The molecule has 2 unspecified atom stereocenters. The van der Waals surface area contributed by atoms with Crippen LogP contribution in [0.3, 0.4) is 0 Å². The van der Waals surface area contributed by atoms with Gasteiger partial charge in [-0.25, -0.2) is 4.79 Å². The molecule has 0 bridgehead atoms. The predicted octanol–water partition coefficient (Wildman–Crippen LogP) is 2.34. The quantitative estimate of drug-likeness (QED) is 0.868. The maximum Gasteiger partial charge on any atom is 0.329 e. The van der Waals surface area contributed by atoms with Crippen molar-refractivity contribution in [2.45, 2.75) is 32.7 Å². The molecular weight excluding hydrogens is 278 g/mol. The fourth-order valence-corrected chi connectivity index (χ4v) is 2.78. The number of halogens is 1. The summed E-state index contributed by atoms with van der Waals surface area (Å²) in [5, 5.41) is 3.39. The first-order chi connectivity index (χ1) is 9.44. The monoisotopic (exact) mass is 295 g/mol. The second kappa shape index (κ2) is 5.83. The van der Waals surface area contributed by atoms with Gasteiger partial charge in [-0.3, -0.25) is 4.79 Å². The highest BCUT2D eigenvalue weighted by atomic mass is 35.5. The maximum atomic E-state index is 12.0. The minimum atomic E-state index is -0.592. The molecule has 0 saturated carbocycles. The van der Waals surface area contributed by atoms with Gasteiger partial charge in [0, 0.05) is 16.9 Å². The van der Waals surface area contributed by atoms with Gasteiger partial charge in [-0.15, -0.1) is 0 Å². The zero-order chi connectivity index (χ0) is 14.8. The van der Waals surface area contributed by atoms with Crippen LogP contribution >= 0.6 is 11.6 Å². The van der Waals surface area contributed by atoms with Gasteiger partial charge >= 0.3 is 5.97 Å². The van der Waals surface area contributed by atoms with Crippen LogP contribution in [0.2, 0.25) is 5.02 Å². The number of hydrogen-bond acceptors (Lipinski definition) is 3. The Morgan fingerprint density at radius 2 is 2.10 bits per heavy atom. The zero-order valence-electron chi connectivity index (χ0n) is 11.6. The van der Waals surface area contributed by atoms with Crippen LogP contribution in [0.15, 0.2) is 24.3 Å². The molecule has 1 heterocycles. The summed E-state index contributed by atoms with van der Waals surface area (Å²) in [4.78, 5) is 23.7. The van der Waals surface area contributed by atoms with Crippen molar-refractivity contribution in [1.82, 2.24) is 5.32 Å². The lowest BCUT2D eigenvalue weighted by Crippen LogP contribution is -2.44. The van der Waals surface area contributed by atoms with Crippen LogP contribution in [-0.4, -0.2) is 24.5 Å².